The summed E-state index contributed by atoms with van der Waals surface area (Å²) >= 11 is 6.13. The lowest BCUT2D eigenvalue weighted by molar-refractivity contribution is -0.128. The second-order valence-corrected chi connectivity index (χ2v) is 10.4. The fraction of sp³-hybridized carbons (Fsp3) is 0.321. The van der Waals surface area contributed by atoms with E-state index < -0.39 is 35.3 Å². The third kappa shape index (κ3) is 10.1. The smallest absolute Gasteiger partial charge is 0.338 e. The first-order valence-corrected chi connectivity index (χ1v) is 13.2. The molecule has 3 rings (SSSR count). The fourth-order valence-electron chi connectivity index (χ4n) is 3.54. The van der Waals surface area contributed by atoms with Gasteiger partial charge >= 0.3 is 5.97 Å². The van der Waals surface area contributed by atoms with Gasteiger partial charge in [-0.05, 0) is 79.7 Å². The molecule has 0 saturated carbocycles. The van der Waals surface area contributed by atoms with Gasteiger partial charge in [-0.2, -0.15) is 4.68 Å². The summed E-state index contributed by atoms with van der Waals surface area (Å²) in [4.78, 5) is 50.8. The molecule has 2 aromatic carbocycles. The molecular weight excluding hydrogens is 566 g/mol. The van der Waals surface area contributed by atoms with Gasteiger partial charge < -0.3 is 25.4 Å². The first kappa shape index (κ1) is 31.9. The number of tetrazole rings is 1. The molecule has 42 heavy (non-hydrogen) atoms. The van der Waals surface area contributed by atoms with Crippen molar-refractivity contribution in [2.45, 2.75) is 38.8 Å². The van der Waals surface area contributed by atoms with Crippen molar-refractivity contribution in [3.8, 4) is 5.69 Å². The number of benzene rings is 2. The highest BCUT2D eigenvalue weighted by molar-refractivity contribution is 6.30. The van der Waals surface area contributed by atoms with Crippen molar-refractivity contribution in [1.29, 1.82) is 0 Å². The number of hydrogen-bond donors (Lipinski definition) is 3. The average molecular weight is 598 g/mol. The van der Waals surface area contributed by atoms with Crippen LogP contribution in [-0.2, 0) is 23.9 Å². The van der Waals surface area contributed by atoms with Crippen LogP contribution in [0.4, 0.5) is 5.69 Å². The zero-order valence-electron chi connectivity index (χ0n) is 23.6. The Balaban J connectivity index is 1.73. The van der Waals surface area contributed by atoms with E-state index in [4.69, 9.17) is 21.1 Å². The highest BCUT2D eigenvalue weighted by Crippen LogP contribution is 2.20. The molecule has 3 amide bonds. The monoisotopic (exact) mass is 597 g/mol. The first-order valence-electron chi connectivity index (χ1n) is 12.9. The van der Waals surface area contributed by atoms with Crippen molar-refractivity contribution in [3.05, 3.63) is 71.0 Å². The Hall–Kier alpha value is -4.62. The maximum absolute atomic E-state index is 13.2. The number of ether oxygens (including phenoxy) is 2. The maximum atomic E-state index is 13.2. The third-order valence-electron chi connectivity index (χ3n) is 5.44. The van der Waals surface area contributed by atoms with Crippen LogP contribution in [0, 0.1) is 0 Å². The summed E-state index contributed by atoms with van der Waals surface area (Å²) in [7, 11) is 1.49. The molecule has 0 aliphatic carbocycles. The van der Waals surface area contributed by atoms with Crippen LogP contribution in [0.1, 0.15) is 43.1 Å². The zero-order valence-corrected chi connectivity index (χ0v) is 24.3. The van der Waals surface area contributed by atoms with Crippen LogP contribution in [0.25, 0.3) is 11.8 Å². The molecule has 0 unspecified atom stereocenters. The molecule has 0 bridgehead atoms. The second kappa shape index (κ2) is 14.8. The summed E-state index contributed by atoms with van der Waals surface area (Å²) in [6.45, 7) is 5.80. The average Bonchev–Trinajstić information content (AvgIpc) is 3.46. The maximum Gasteiger partial charge on any atom is 0.338 e. The Morgan fingerprint density at radius 3 is 2.48 bits per heavy atom. The lowest BCUT2D eigenvalue weighted by Crippen LogP contribution is -2.46. The topological polar surface area (TPSA) is 166 Å². The van der Waals surface area contributed by atoms with Gasteiger partial charge in [0.25, 0.3) is 0 Å². The highest BCUT2D eigenvalue weighted by Gasteiger charge is 2.24. The SMILES string of the molecule is COCCNC(=O)C[C@H](NC(=O)C=Cc1cc(Cl)ccc1-n1cnnn1)C(=O)Nc1ccc(C(=O)OC(C)(C)C)cc1. The van der Waals surface area contributed by atoms with Crippen LogP contribution in [0.15, 0.2) is 54.9 Å². The van der Waals surface area contributed by atoms with E-state index in [1.807, 2.05) is 0 Å². The van der Waals surface area contributed by atoms with Gasteiger partial charge in [0.05, 0.1) is 24.3 Å². The van der Waals surface area contributed by atoms with E-state index in [-0.39, 0.29) is 19.6 Å². The van der Waals surface area contributed by atoms with Gasteiger partial charge in [-0.3, -0.25) is 14.4 Å². The molecule has 3 aromatic rings. The van der Waals surface area contributed by atoms with E-state index in [2.05, 4.69) is 31.5 Å². The summed E-state index contributed by atoms with van der Waals surface area (Å²) in [5, 5.41) is 19.4. The number of nitrogens with zero attached hydrogens (tertiary/aromatic N) is 4. The second-order valence-electron chi connectivity index (χ2n) is 9.97. The molecular formula is C28H32ClN7O6. The minimum Gasteiger partial charge on any atom is -0.456 e. The van der Waals surface area contributed by atoms with Gasteiger partial charge in [0.15, 0.2) is 0 Å². The molecule has 14 heteroatoms. The number of halogens is 1. The normalized spacial score (nSPS) is 12.0. The van der Waals surface area contributed by atoms with Crippen molar-refractivity contribution >= 4 is 47.1 Å². The van der Waals surface area contributed by atoms with Crippen molar-refractivity contribution in [3.63, 3.8) is 0 Å². The van der Waals surface area contributed by atoms with E-state index in [1.54, 1.807) is 39.0 Å². The Kier molecular flexibility index (Phi) is 11.3. The molecule has 0 spiro atoms. The Morgan fingerprint density at radius 2 is 1.83 bits per heavy atom. The number of rotatable bonds is 12. The van der Waals surface area contributed by atoms with E-state index in [9.17, 15) is 19.2 Å². The Labute approximate surface area is 247 Å². The quantitative estimate of drug-likeness (QED) is 0.161. The van der Waals surface area contributed by atoms with Crippen LogP contribution in [-0.4, -0.2) is 75.8 Å². The minimum atomic E-state index is -1.23. The molecule has 0 radical (unpaired) electrons. The summed E-state index contributed by atoms with van der Waals surface area (Å²) in [5.74, 6) is -2.25. The minimum absolute atomic E-state index is 0.234. The predicted molar refractivity (Wildman–Crippen MR) is 155 cm³/mol. The van der Waals surface area contributed by atoms with Gasteiger partial charge in [0.2, 0.25) is 17.7 Å². The van der Waals surface area contributed by atoms with E-state index in [0.717, 1.165) is 0 Å². The number of amides is 3. The molecule has 1 heterocycles. The molecule has 1 aromatic heterocycles. The number of nitrogens with one attached hydrogen (secondary N) is 3. The number of aromatic nitrogens is 4. The fourth-order valence-corrected chi connectivity index (χ4v) is 3.72. The highest BCUT2D eigenvalue weighted by atomic mass is 35.5. The van der Waals surface area contributed by atoms with Gasteiger partial charge in [0, 0.05) is 36.0 Å². The van der Waals surface area contributed by atoms with Crippen LogP contribution in [0.2, 0.25) is 5.02 Å². The van der Waals surface area contributed by atoms with Gasteiger partial charge in [-0.1, -0.05) is 11.6 Å². The van der Waals surface area contributed by atoms with Crippen molar-refractivity contribution in [2.75, 3.05) is 25.6 Å². The van der Waals surface area contributed by atoms with Crippen LogP contribution >= 0.6 is 11.6 Å². The molecule has 222 valence electrons. The molecule has 1 atom stereocenters. The number of hydrogen-bond acceptors (Lipinski definition) is 9. The van der Waals surface area contributed by atoms with Crippen LogP contribution < -0.4 is 16.0 Å². The molecule has 0 aliphatic heterocycles. The predicted octanol–water partition coefficient (Wildman–Crippen LogP) is 2.56. The summed E-state index contributed by atoms with van der Waals surface area (Å²) < 4.78 is 11.7. The number of anilines is 1. The number of esters is 1. The Bertz CT molecular complexity index is 1420. The van der Waals surface area contributed by atoms with Gasteiger partial charge in [-0.15, -0.1) is 5.10 Å². The lowest BCUT2D eigenvalue weighted by atomic mass is 10.1. The molecule has 0 fully saturated rings. The third-order valence-corrected chi connectivity index (χ3v) is 5.67. The van der Waals surface area contributed by atoms with Crippen molar-refractivity contribution in [1.82, 2.24) is 30.8 Å². The first-order chi connectivity index (χ1) is 19.9. The number of carbonyl (C=O) groups excluding carboxylic acids is 4. The Morgan fingerprint density at radius 1 is 1.10 bits per heavy atom. The van der Waals surface area contributed by atoms with E-state index >= 15 is 0 Å². The zero-order chi connectivity index (χ0) is 30.7. The van der Waals surface area contributed by atoms with Gasteiger partial charge in [0.1, 0.15) is 18.0 Å². The molecule has 0 saturated heterocycles. The van der Waals surface area contributed by atoms with Gasteiger partial charge in [-0.25, -0.2) is 4.79 Å². The number of methoxy groups -OCH3 is 1. The summed E-state index contributed by atoms with van der Waals surface area (Å²) in [5.41, 5.74) is 1.10. The van der Waals surface area contributed by atoms with Crippen molar-refractivity contribution < 1.29 is 28.7 Å². The molecule has 3 N–H and O–H groups in total. The lowest BCUT2D eigenvalue weighted by Gasteiger charge is -2.20. The summed E-state index contributed by atoms with van der Waals surface area (Å²) in [6, 6.07) is 9.78. The molecule has 0 aliphatic rings. The molecule has 13 nitrogen and oxygen atoms in total. The van der Waals surface area contributed by atoms with E-state index in [1.165, 1.54) is 54.5 Å². The van der Waals surface area contributed by atoms with Crippen LogP contribution in [0.3, 0.4) is 0 Å². The summed E-state index contributed by atoms with van der Waals surface area (Å²) in [6.07, 6.45) is 3.75. The van der Waals surface area contributed by atoms with Crippen LogP contribution in [0.5, 0.6) is 0 Å². The standard InChI is InChI=1S/C28H32ClN7O6/c1-28(2,3)42-27(40)18-5-9-21(10-6-18)32-26(39)22(16-25(38)30-13-14-41-4)33-24(37)12-7-19-15-20(29)8-11-23(19)36-17-31-34-35-36/h5-12,15,17,22H,13-14,16H2,1-4H3,(H,30,38)(H,32,39)(H,33,37)/t22-/m0/s1. The van der Waals surface area contributed by atoms with E-state index in [0.29, 0.717) is 27.5 Å². The van der Waals surface area contributed by atoms with Crippen molar-refractivity contribution in [2.24, 2.45) is 0 Å². The number of carbonyl (C=O) groups is 4. The largest absolute Gasteiger partial charge is 0.456 e.